The Labute approximate surface area is 795 Å². The van der Waals surface area contributed by atoms with Crippen molar-refractivity contribution in [3.8, 4) is 152 Å². The van der Waals surface area contributed by atoms with Crippen molar-refractivity contribution >= 4 is 82.8 Å². The maximum absolute atomic E-state index is 5.03. The molecule has 0 bridgehead atoms. The Bertz CT molecular complexity index is 9030. The second kappa shape index (κ2) is 35.1. The summed E-state index contributed by atoms with van der Waals surface area (Å²) in [7, 11) is 0. The van der Waals surface area contributed by atoms with E-state index in [2.05, 4.69) is 415 Å². The van der Waals surface area contributed by atoms with E-state index in [4.69, 9.17) is 29.9 Å². The average molecular weight is 1770 g/mol. The first-order valence-electron chi connectivity index (χ1n) is 46.6. The van der Waals surface area contributed by atoms with Gasteiger partial charge >= 0.3 is 0 Å². The zero-order valence-corrected chi connectivity index (χ0v) is 74.9. The summed E-state index contributed by atoms with van der Waals surface area (Å²) in [6, 6.07) is 179. The molecular formula is C126H84N12. The number of nitrogens with zero attached hydrogens (tertiary/aromatic N) is 12. The van der Waals surface area contributed by atoms with E-state index in [1.54, 1.807) is 0 Å². The predicted molar refractivity (Wildman–Crippen MR) is 567 cm³/mol. The third-order valence-electron chi connectivity index (χ3n) is 26.2. The Balaban J connectivity index is 0.000000110. The smallest absolute Gasteiger partial charge is 0.164 e. The Hall–Kier alpha value is -18.8. The van der Waals surface area contributed by atoms with Crippen LogP contribution in [0.2, 0.25) is 0 Å². The van der Waals surface area contributed by atoms with Gasteiger partial charge in [-0.15, -0.1) is 0 Å². The topological polar surface area (TPSA) is 105 Å². The molecule has 138 heavy (non-hydrogen) atoms. The largest absolute Gasteiger partial charge is 0.293 e. The van der Waals surface area contributed by atoms with Crippen LogP contribution >= 0.6 is 0 Å². The molecule has 0 radical (unpaired) electrons. The summed E-state index contributed by atoms with van der Waals surface area (Å²) in [6.45, 7) is 0. The number of benzene rings is 19. The van der Waals surface area contributed by atoms with Crippen LogP contribution in [0.5, 0.6) is 0 Å². The monoisotopic (exact) mass is 1760 g/mol. The van der Waals surface area contributed by atoms with Gasteiger partial charge in [-0.2, -0.15) is 0 Å². The lowest BCUT2D eigenvalue weighted by Gasteiger charge is -2.11. The maximum Gasteiger partial charge on any atom is 0.164 e. The Kier molecular flexibility index (Phi) is 20.6. The van der Waals surface area contributed by atoms with E-state index >= 15 is 0 Å². The summed E-state index contributed by atoms with van der Waals surface area (Å²) in [4.78, 5) is 29.9. The summed E-state index contributed by atoms with van der Waals surface area (Å²) in [5, 5.41) is 3.63. The normalized spacial score (nSPS) is 11.5. The van der Waals surface area contributed by atoms with Crippen molar-refractivity contribution < 1.29 is 0 Å². The number of hydrogen-bond donors (Lipinski definition) is 0. The molecule has 0 saturated heterocycles. The van der Waals surface area contributed by atoms with E-state index in [1.807, 2.05) is 121 Å². The van der Waals surface area contributed by atoms with Gasteiger partial charge in [0.15, 0.2) is 34.9 Å². The van der Waals surface area contributed by atoms with Crippen molar-refractivity contribution in [3.63, 3.8) is 0 Å². The van der Waals surface area contributed by atoms with Crippen LogP contribution in [-0.4, -0.2) is 56.8 Å². The molecule has 0 spiro atoms. The Morgan fingerprint density at radius 1 is 0.123 bits per heavy atom. The van der Waals surface area contributed by atoms with E-state index < -0.39 is 0 Å². The minimum absolute atomic E-state index is 0.633. The van der Waals surface area contributed by atoms with Gasteiger partial charge in [-0.25, -0.2) is 29.9 Å². The number of fused-ring (bicyclic) bond motifs is 15. The number of hydrogen-bond acceptors (Lipinski definition) is 6. The summed E-state index contributed by atoms with van der Waals surface area (Å²) in [5.74, 6) is 3.86. The highest BCUT2D eigenvalue weighted by Crippen LogP contribution is 2.47. The second-order valence-electron chi connectivity index (χ2n) is 34.5. The molecule has 27 rings (SSSR count). The molecule has 8 heterocycles. The fraction of sp³-hybridized carbons (Fsp3) is 0. The predicted octanol–water partition coefficient (Wildman–Crippen LogP) is 31.5. The van der Waals surface area contributed by atoms with Crippen molar-refractivity contribution in [1.29, 1.82) is 0 Å². The number of imidazole rings is 3. The second-order valence-corrected chi connectivity index (χ2v) is 34.5. The van der Waals surface area contributed by atoms with Crippen LogP contribution < -0.4 is 0 Å². The van der Waals surface area contributed by atoms with Crippen LogP contribution in [0.3, 0.4) is 0 Å². The molecule has 0 N–H and O–H groups in total. The third kappa shape index (κ3) is 14.6. The van der Waals surface area contributed by atoms with Gasteiger partial charge in [-0.3, -0.25) is 26.9 Å². The first-order valence-corrected chi connectivity index (χ1v) is 46.6. The lowest BCUT2D eigenvalue weighted by Crippen LogP contribution is -2.00. The van der Waals surface area contributed by atoms with Crippen molar-refractivity contribution in [2.45, 2.75) is 0 Å². The lowest BCUT2D eigenvalue weighted by molar-refractivity contribution is 1.07. The maximum atomic E-state index is 5.03. The summed E-state index contributed by atoms with van der Waals surface area (Å²) in [6.07, 6.45) is 0. The Morgan fingerprint density at radius 3 is 0.783 bits per heavy atom. The van der Waals surface area contributed by atoms with Crippen molar-refractivity contribution in [3.05, 3.63) is 510 Å². The minimum atomic E-state index is 0.633. The molecule has 0 aliphatic carbocycles. The summed E-state index contributed by atoms with van der Waals surface area (Å²) >= 11 is 0. The summed E-state index contributed by atoms with van der Waals surface area (Å²) in [5.41, 5.74) is 37.2. The van der Waals surface area contributed by atoms with Crippen molar-refractivity contribution in [2.24, 2.45) is 0 Å². The molecule has 19 aromatic carbocycles. The van der Waals surface area contributed by atoms with Gasteiger partial charge in [0, 0.05) is 83.3 Å². The molecule has 8 aromatic heterocycles. The number of para-hydroxylation sites is 7. The highest BCUT2D eigenvalue weighted by atomic mass is 15.2. The summed E-state index contributed by atoms with van der Waals surface area (Å²) < 4.78 is 14.4. The molecule has 0 amide bonds. The Morgan fingerprint density at radius 2 is 0.355 bits per heavy atom. The average Bonchev–Trinajstić information content (AvgIpc) is 1.55. The quantitative estimate of drug-likeness (QED) is 0.101. The molecule has 0 aliphatic rings. The molecule has 648 valence electrons. The zero-order chi connectivity index (χ0) is 91.4. The van der Waals surface area contributed by atoms with E-state index in [-0.39, 0.29) is 0 Å². The minimum Gasteiger partial charge on any atom is -0.293 e. The lowest BCUT2D eigenvalue weighted by atomic mass is 9.96. The molecular weight excluding hydrogens is 1680 g/mol. The standard InChI is InChI=1S/C44H30N2.2C41H27N5/c1-4-13-31(14-5-1)33-23-25-34(26-24-33)35-17-12-18-37(29-35)43-39-21-10-11-22-40(39)46-42-30-36(32-15-6-2-7-16-32)27-28-41(42)45(44(43)46)38-19-8-3-9-20-38;1-5-15-28(16-6-1)37-33-26-25-31(40-43-38(29-17-7-2-8-18-29)42-39(44-40)30-19-9-3-10-20-30)27-36(33)46-35-24-14-13-23-34(35)45(41(37)46)32-21-11-4-12-22-32;1-5-15-28(16-6-1)37-33-23-13-14-24-34(33)46-35-26-25-31(27-36(35)45(41(37)46)32-21-11-4-12-22-32)40-43-38(29-17-7-2-8-18-29)42-39(44-40)30-19-9-3-10-20-30/h1-30H;2*1-27H. The van der Waals surface area contributed by atoms with Gasteiger partial charge in [0.2, 0.25) is 0 Å². The van der Waals surface area contributed by atoms with Crippen LogP contribution in [0.4, 0.5) is 0 Å². The van der Waals surface area contributed by atoms with Gasteiger partial charge in [0.25, 0.3) is 0 Å². The van der Waals surface area contributed by atoms with Crippen molar-refractivity contribution in [1.82, 2.24) is 56.8 Å². The van der Waals surface area contributed by atoms with E-state index in [1.165, 1.54) is 111 Å². The van der Waals surface area contributed by atoms with E-state index in [0.717, 1.165) is 89.3 Å². The van der Waals surface area contributed by atoms with Crippen molar-refractivity contribution in [2.75, 3.05) is 0 Å². The third-order valence-corrected chi connectivity index (χ3v) is 26.2. The fourth-order valence-electron chi connectivity index (χ4n) is 19.9. The highest BCUT2D eigenvalue weighted by Gasteiger charge is 2.29. The van der Waals surface area contributed by atoms with E-state index in [9.17, 15) is 0 Å². The molecule has 0 unspecified atom stereocenters. The number of aromatic nitrogens is 12. The highest BCUT2D eigenvalue weighted by molar-refractivity contribution is 6.13. The first-order chi connectivity index (χ1) is 68.5. The molecule has 0 fully saturated rings. The molecule has 0 aliphatic heterocycles. The molecule has 12 heteroatoms. The SMILES string of the molecule is c1ccc(-c2ccc(-c3cccc(-c4c5ccccc5n5c6cc(-c7ccccc7)ccc6n(-c6ccccc6)c45)c3)cc2)cc1.c1ccc(-c2nc(-c3ccccc3)nc(-c3ccc4c(-c5ccccc5)c5n(-c6ccccc6)c6ccccc6n5c4c3)n2)cc1.c1ccc(-c2nc(-c3ccccc3)nc(-c3ccc4c(c3)n(-c3ccccc3)c3c(-c5ccccc5)c5ccccc5n43)n2)cc1. The van der Waals surface area contributed by atoms with Crippen LogP contribution in [0, 0.1) is 0 Å². The molecule has 27 aromatic rings. The van der Waals surface area contributed by atoms with Gasteiger partial charge < -0.3 is 0 Å². The van der Waals surface area contributed by atoms with Gasteiger partial charge in [0.1, 0.15) is 16.9 Å². The zero-order valence-electron chi connectivity index (χ0n) is 74.9. The molecule has 0 saturated carbocycles. The molecule has 0 atom stereocenters. The van der Waals surface area contributed by atoms with Gasteiger partial charge in [-0.1, -0.05) is 406 Å². The van der Waals surface area contributed by atoms with Crippen LogP contribution in [0.1, 0.15) is 0 Å². The molecule has 12 nitrogen and oxygen atoms in total. The van der Waals surface area contributed by atoms with Crippen LogP contribution in [0.25, 0.3) is 235 Å². The van der Waals surface area contributed by atoms with Crippen LogP contribution in [-0.2, 0) is 0 Å². The van der Waals surface area contributed by atoms with Gasteiger partial charge in [-0.05, 0) is 153 Å². The van der Waals surface area contributed by atoms with Crippen LogP contribution in [0.15, 0.2) is 510 Å². The van der Waals surface area contributed by atoms with E-state index in [0.29, 0.717) is 34.9 Å². The number of rotatable bonds is 15. The van der Waals surface area contributed by atoms with Gasteiger partial charge in [0.05, 0.1) is 49.7 Å². The first kappa shape index (κ1) is 81.2. The fourth-order valence-corrected chi connectivity index (χ4v) is 19.9.